The highest BCUT2D eigenvalue weighted by Crippen LogP contribution is 2.37. The van der Waals surface area contributed by atoms with Crippen molar-refractivity contribution < 1.29 is 4.74 Å². The summed E-state index contributed by atoms with van der Waals surface area (Å²) in [5.41, 5.74) is 7.18. The van der Waals surface area contributed by atoms with Crippen molar-refractivity contribution in [2.75, 3.05) is 13.2 Å². The third-order valence-corrected chi connectivity index (χ3v) is 4.99. The molecule has 18 heavy (non-hydrogen) atoms. The lowest BCUT2D eigenvalue weighted by molar-refractivity contribution is 0.1000. The summed E-state index contributed by atoms with van der Waals surface area (Å²) in [6.07, 6.45) is 3.09. The van der Waals surface area contributed by atoms with E-state index in [0.29, 0.717) is 5.25 Å². The van der Waals surface area contributed by atoms with Crippen molar-refractivity contribution >= 4 is 23.4 Å². The van der Waals surface area contributed by atoms with Crippen molar-refractivity contribution in [2.45, 2.75) is 42.4 Å². The molecular formula is C14H20ClNOS. The second kappa shape index (κ2) is 6.80. The van der Waals surface area contributed by atoms with Crippen molar-refractivity contribution in [3.05, 3.63) is 28.8 Å². The topological polar surface area (TPSA) is 35.2 Å². The summed E-state index contributed by atoms with van der Waals surface area (Å²) in [4.78, 5) is 1.21. The van der Waals surface area contributed by atoms with Gasteiger partial charge in [-0.1, -0.05) is 23.7 Å². The van der Waals surface area contributed by atoms with E-state index in [4.69, 9.17) is 22.1 Å². The Labute approximate surface area is 118 Å². The monoisotopic (exact) mass is 285 g/mol. The first kappa shape index (κ1) is 14.2. The molecular weight excluding hydrogens is 266 g/mol. The van der Waals surface area contributed by atoms with Gasteiger partial charge >= 0.3 is 0 Å². The van der Waals surface area contributed by atoms with E-state index in [1.807, 2.05) is 30.8 Å². The van der Waals surface area contributed by atoms with Crippen LogP contribution in [0.2, 0.25) is 5.02 Å². The van der Waals surface area contributed by atoms with Crippen molar-refractivity contribution in [1.29, 1.82) is 0 Å². The maximum atomic E-state index is 6.34. The average Bonchev–Trinajstić information content (AvgIpc) is 2.34. The van der Waals surface area contributed by atoms with Crippen LogP contribution in [0.25, 0.3) is 0 Å². The molecule has 1 aliphatic rings. The minimum Gasteiger partial charge on any atom is -0.381 e. The molecule has 2 rings (SSSR count). The molecule has 0 radical (unpaired) electrons. The third-order valence-electron chi connectivity index (χ3n) is 3.04. The van der Waals surface area contributed by atoms with Crippen LogP contribution in [0.1, 0.15) is 25.3 Å². The Hall–Kier alpha value is -0.220. The lowest BCUT2D eigenvalue weighted by Gasteiger charge is -2.23. The smallest absolute Gasteiger partial charge is 0.0544 e. The predicted octanol–water partition coefficient (Wildman–Crippen LogP) is 3.50. The maximum absolute atomic E-state index is 6.34. The molecule has 0 saturated carbocycles. The number of thioether (sulfide) groups is 1. The normalized spacial score (nSPS) is 18.8. The van der Waals surface area contributed by atoms with E-state index >= 15 is 0 Å². The van der Waals surface area contributed by atoms with Crippen LogP contribution < -0.4 is 5.73 Å². The Morgan fingerprint density at radius 1 is 1.44 bits per heavy atom. The van der Waals surface area contributed by atoms with E-state index in [0.717, 1.165) is 37.5 Å². The number of ether oxygens (including phenoxy) is 1. The van der Waals surface area contributed by atoms with Crippen LogP contribution in [0.4, 0.5) is 0 Å². The summed E-state index contributed by atoms with van der Waals surface area (Å²) in [7, 11) is 0. The standard InChI is InChI=1S/C14H20ClNOS/c1-10(16)9-11-3-2-4-13(15)14(11)18-12-5-7-17-8-6-12/h2-4,10,12H,5-9,16H2,1H3. The highest BCUT2D eigenvalue weighted by atomic mass is 35.5. The van der Waals surface area contributed by atoms with E-state index in [1.54, 1.807) is 0 Å². The molecule has 1 atom stereocenters. The number of halogens is 1. The second-order valence-corrected chi connectivity index (χ2v) is 6.56. The largest absolute Gasteiger partial charge is 0.381 e. The van der Waals surface area contributed by atoms with Gasteiger partial charge in [-0.05, 0) is 37.8 Å². The maximum Gasteiger partial charge on any atom is 0.0544 e. The second-order valence-electron chi connectivity index (χ2n) is 4.84. The van der Waals surface area contributed by atoms with Gasteiger partial charge in [0.1, 0.15) is 0 Å². The van der Waals surface area contributed by atoms with Crippen molar-refractivity contribution in [3.63, 3.8) is 0 Å². The van der Waals surface area contributed by atoms with Crippen molar-refractivity contribution in [3.8, 4) is 0 Å². The summed E-state index contributed by atoms with van der Waals surface area (Å²) in [5, 5.41) is 1.47. The van der Waals surface area contributed by atoms with Gasteiger partial charge in [-0.2, -0.15) is 0 Å². The highest BCUT2D eigenvalue weighted by molar-refractivity contribution is 8.00. The fraction of sp³-hybridized carbons (Fsp3) is 0.571. The van der Waals surface area contributed by atoms with Gasteiger partial charge in [-0.15, -0.1) is 11.8 Å². The Bertz CT molecular complexity index is 391. The molecule has 0 spiro atoms. The van der Waals surface area contributed by atoms with Crippen LogP contribution in [-0.2, 0) is 11.2 Å². The number of hydrogen-bond donors (Lipinski definition) is 1. The molecule has 1 saturated heterocycles. The fourth-order valence-corrected chi connectivity index (χ4v) is 3.73. The summed E-state index contributed by atoms with van der Waals surface area (Å²) < 4.78 is 5.40. The molecule has 1 heterocycles. The Morgan fingerprint density at radius 3 is 2.83 bits per heavy atom. The number of rotatable bonds is 4. The molecule has 0 bridgehead atoms. The van der Waals surface area contributed by atoms with Gasteiger partial charge in [0.2, 0.25) is 0 Å². The number of nitrogens with two attached hydrogens (primary N) is 1. The number of benzene rings is 1. The molecule has 1 aromatic rings. The van der Waals surface area contributed by atoms with Gasteiger partial charge in [-0.3, -0.25) is 0 Å². The van der Waals surface area contributed by atoms with E-state index in [2.05, 4.69) is 6.07 Å². The molecule has 1 unspecified atom stereocenters. The van der Waals surface area contributed by atoms with Crippen LogP contribution >= 0.6 is 23.4 Å². The van der Waals surface area contributed by atoms with Gasteiger partial charge in [0.15, 0.2) is 0 Å². The summed E-state index contributed by atoms with van der Waals surface area (Å²) in [5.74, 6) is 0. The minimum atomic E-state index is 0.164. The molecule has 100 valence electrons. The lowest BCUT2D eigenvalue weighted by atomic mass is 10.1. The van der Waals surface area contributed by atoms with Gasteiger partial charge in [0.05, 0.1) is 5.02 Å². The van der Waals surface area contributed by atoms with Gasteiger partial charge in [0, 0.05) is 29.4 Å². The van der Waals surface area contributed by atoms with Crippen molar-refractivity contribution in [2.24, 2.45) is 5.73 Å². The molecule has 0 aliphatic carbocycles. The SMILES string of the molecule is CC(N)Cc1cccc(Cl)c1SC1CCOCC1. The zero-order chi connectivity index (χ0) is 13.0. The molecule has 1 aromatic carbocycles. The Balaban J connectivity index is 2.13. The van der Waals surface area contributed by atoms with Gasteiger partial charge in [-0.25, -0.2) is 0 Å². The molecule has 4 heteroatoms. The van der Waals surface area contributed by atoms with Crippen LogP contribution in [0, 0.1) is 0 Å². The fourth-order valence-electron chi connectivity index (χ4n) is 2.15. The molecule has 1 aliphatic heterocycles. The molecule has 1 fully saturated rings. The van der Waals surface area contributed by atoms with E-state index in [-0.39, 0.29) is 6.04 Å². The first-order valence-corrected chi connectivity index (χ1v) is 7.70. The minimum absolute atomic E-state index is 0.164. The van der Waals surface area contributed by atoms with Crippen LogP contribution in [0.15, 0.2) is 23.1 Å². The van der Waals surface area contributed by atoms with Gasteiger partial charge < -0.3 is 10.5 Å². The lowest BCUT2D eigenvalue weighted by Crippen LogP contribution is -2.20. The number of hydrogen-bond acceptors (Lipinski definition) is 3. The van der Waals surface area contributed by atoms with E-state index in [9.17, 15) is 0 Å². The first-order valence-electron chi connectivity index (χ1n) is 6.44. The van der Waals surface area contributed by atoms with Crippen LogP contribution in [-0.4, -0.2) is 24.5 Å². The van der Waals surface area contributed by atoms with Crippen LogP contribution in [0.3, 0.4) is 0 Å². The zero-order valence-electron chi connectivity index (χ0n) is 10.7. The summed E-state index contributed by atoms with van der Waals surface area (Å²) >= 11 is 8.23. The first-order chi connectivity index (χ1) is 8.66. The molecule has 2 N–H and O–H groups in total. The predicted molar refractivity (Wildman–Crippen MR) is 78.5 cm³/mol. The van der Waals surface area contributed by atoms with Crippen LogP contribution in [0.5, 0.6) is 0 Å². The Kier molecular flexibility index (Phi) is 5.37. The molecule has 0 amide bonds. The van der Waals surface area contributed by atoms with E-state index in [1.165, 1.54) is 10.5 Å². The third kappa shape index (κ3) is 3.89. The van der Waals surface area contributed by atoms with Gasteiger partial charge in [0.25, 0.3) is 0 Å². The van der Waals surface area contributed by atoms with E-state index < -0.39 is 0 Å². The zero-order valence-corrected chi connectivity index (χ0v) is 12.3. The van der Waals surface area contributed by atoms with Crippen molar-refractivity contribution in [1.82, 2.24) is 0 Å². The summed E-state index contributed by atoms with van der Waals surface area (Å²) in [6, 6.07) is 6.27. The quantitative estimate of drug-likeness (QED) is 0.920. The molecule has 0 aromatic heterocycles. The average molecular weight is 286 g/mol. The Morgan fingerprint density at radius 2 is 2.17 bits per heavy atom. The highest BCUT2D eigenvalue weighted by Gasteiger charge is 2.18. The summed E-state index contributed by atoms with van der Waals surface area (Å²) in [6.45, 7) is 3.76. The molecule has 2 nitrogen and oxygen atoms in total.